The first kappa shape index (κ1) is 13.9. The van der Waals surface area contributed by atoms with Gasteiger partial charge in [0.2, 0.25) is 0 Å². The van der Waals surface area contributed by atoms with Gasteiger partial charge in [-0.25, -0.2) is 0 Å². The Labute approximate surface area is 126 Å². The van der Waals surface area contributed by atoms with Crippen molar-refractivity contribution in [2.45, 2.75) is 13.5 Å². The Morgan fingerprint density at radius 1 is 1.26 bits per heavy atom. The van der Waals surface area contributed by atoms with E-state index in [1.165, 1.54) is 0 Å². The van der Waals surface area contributed by atoms with Gasteiger partial charge in [-0.3, -0.25) is 5.41 Å². The van der Waals surface area contributed by atoms with Crippen LogP contribution in [-0.4, -0.2) is 3.72 Å². The minimum absolute atomic E-state index is 0.416. The molecule has 19 heavy (non-hydrogen) atoms. The van der Waals surface area contributed by atoms with Gasteiger partial charge in [-0.15, -0.1) is 0 Å². The maximum atomic E-state index is 7.69. The van der Waals surface area contributed by atoms with Gasteiger partial charge in [0.1, 0.15) is 16.1 Å². The fourth-order valence-electron chi connectivity index (χ4n) is 1.79. The molecule has 0 fully saturated rings. The molecular formula is C15H15IN2O. The average molecular weight is 366 g/mol. The number of benzene rings is 2. The van der Waals surface area contributed by atoms with Gasteiger partial charge < -0.3 is 10.5 Å². The van der Waals surface area contributed by atoms with Crippen molar-refractivity contribution < 1.29 is 4.74 Å². The highest BCUT2D eigenvalue weighted by molar-refractivity contribution is 14.1. The van der Waals surface area contributed by atoms with Crippen LogP contribution >= 0.6 is 22.6 Å². The van der Waals surface area contributed by atoms with Gasteiger partial charge in [-0.05, 0) is 52.8 Å². The summed E-state index contributed by atoms with van der Waals surface area (Å²) in [4.78, 5) is 0. The molecule has 3 N–H and O–H groups in total. The summed E-state index contributed by atoms with van der Waals surface area (Å²) < 4.78 is 6.23. The van der Waals surface area contributed by atoms with Gasteiger partial charge in [0.05, 0.1) is 0 Å². The van der Waals surface area contributed by atoms with Crippen molar-refractivity contribution in [1.29, 1.82) is 5.41 Å². The Morgan fingerprint density at radius 2 is 1.95 bits per heavy atom. The molecule has 0 spiro atoms. The summed E-state index contributed by atoms with van der Waals surface area (Å²) in [6, 6.07) is 13.7. The Bertz CT molecular complexity index is 597. The first-order valence-electron chi connectivity index (χ1n) is 5.89. The van der Waals surface area contributed by atoms with Crippen molar-refractivity contribution >= 4 is 32.0 Å². The zero-order valence-electron chi connectivity index (χ0n) is 10.6. The van der Waals surface area contributed by atoms with Crippen molar-refractivity contribution in [1.82, 2.24) is 0 Å². The van der Waals surface area contributed by atoms with Crippen LogP contribution < -0.4 is 10.5 Å². The molecule has 0 aliphatic rings. The Kier molecular flexibility index (Phi) is 4.42. The molecule has 2 rings (SSSR count). The average Bonchev–Trinajstić information content (AvgIpc) is 2.38. The fraction of sp³-hybridized carbons (Fsp3) is 0.133. The second-order valence-corrected chi connectivity index (χ2v) is 5.37. The number of hydrogen-bond acceptors (Lipinski definition) is 3. The Hall–Kier alpha value is -1.56. The van der Waals surface area contributed by atoms with Gasteiger partial charge in [0.25, 0.3) is 0 Å². The van der Waals surface area contributed by atoms with Crippen LogP contribution in [0.15, 0.2) is 42.5 Å². The van der Waals surface area contributed by atoms with Crippen molar-refractivity contribution in [3.63, 3.8) is 0 Å². The van der Waals surface area contributed by atoms with E-state index in [-0.39, 0.29) is 0 Å². The lowest BCUT2D eigenvalue weighted by atomic mass is 10.1. The van der Waals surface area contributed by atoms with E-state index in [2.05, 4.69) is 0 Å². The van der Waals surface area contributed by atoms with Gasteiger partial charge >= 0.3 is 0 Å². The van der Waals surface area contributed by atoms with Crippen molar-refractivity contribution in [2.24, 2.45) is 0 Å². The molecule has 0 aliphatic carbocycles. The van der Waals surface area contributed by atoms with E-state index in [4.69, 9.17) is 15.9 Å². The molecule has 0 saturated carbocycles. The first-order chi connectivity index (χ1) is 9.08. The first-order valence-corrected chi connectivity index (χ1v) is 6.97. The van der Waals surface area contributed by atoms with Gasteiger partial charge in [0, 0.05) is 11.3 Å². The van der Waals surface area contributed by atoms with E-state index < -0.39 is 0 Å². The number of hydrogen-bond donors (Lipinski definition) is 2. The fourth-order valence-corrected chi connectivity index (χ4v) is 2.26. The third-order valence-electron chi connectivity index (χ3n) is 2.82. The molecule has 0 unspecified atom stereocenters. The van der Waals surface area contributed by atoms with Gasteiger partial charge in [0.15, 0.2) is 0 Å². The number of nitrogens with two attached hydrogens (primary N) is 1. The number of anilines is 1. The molecule has 4 heteroatoms. The molecule has 0 aromatic heterocycles. The monoisotopic (exact) mass is 366 g/mol. The van der Waals surface area contributed by atoms with E-state index >= 15 is 0 Å². The summed E-state index contributed by atoms with van der Waals surface area (Å²) in [5.41, 5.74) is 9.33. The summed E-state index contributed by atoms with van der Waals surface area (Å²) in [6.45, 7) is 2.47. The maximum Gasteiger partial charge on any atom is 0.123 e. The molecule has 0 atom stereocenters. The third-order valence-corrected chi connectivity index (χ3v) is 3.40. The molecule has 0 radical (unpaired) electrons. The van der Waals surface area contributed by atoms with Crippen LogP contribution in [-0.2, 0) is 6.61 Å². The number of nitrogen functional groups attached to an aromatic ring is 1. The maximum absolute atomic E-state index is 7.69. The number of aryl methyl sites for hydroxylation is 1. The SMILES string of the molecule is Cc1cc(N)c(C(=N)I)cc1OCc1ccccc1. The third kappa shape index (κ3) is 3.47. The van der Waals surface area contributed by atoms with E-state index in [1.54, 1.807) is 0 Å². The Morgan fingerprint density at radius 3 is 2.58 bits per heavy atom. The van der Waals surface area contributed by atoms with Crippen molar-refractivity contribution in [2.75, 3.05) is 5.73 Å². The summed E-state index contributed by atoms with van der Waals surface area (Å²) in [7, 11) is 0. The van der Waals surface area contributed by atoms with Crippen LogP contribution in [0.2, 0.25) is 0 Å². The number of rotatable bonds is 4. The molecule has 0 aliphatic heterocycles. The molecule has 3 nitrogen and oxygen atoms in total. The normalized spacial score (nSPS) is 10.2. The topological polar surface area (TPSA) is 59.1 Å². The standard InChI is InChI=1S/C15H15IN2O/c1-10-7-13(17)12(15(16)18)8-14(10)19-9-11-5-3-2-4-6-11/h2-8,18H,9,17H2,1H3. The minimum atomic E-state index is 0.416. The van der Waals surface area contributed by atoms with Crippen LogP contribution in [0.25, 0.3) is 0 Å². The summed E-state index contributed by atoms with van der Waals surface area (Å²) >= 11 is 1.95. The van der Waals surface area contributed by atoms with E-state index in [9.17, 15) is 0 Å². The second kappa shape index (κ2) is 6.06. The van der Waals surface area contributed by atoms with Crippen LogP contribution in [0, 0.1) is 12.3 Å². The van der Waals surface area contributed by atoms with Gasteiger partial charge in [-0.1, -0.05) is 30.3 Å². The van der Waals surface area contributed by atoms with Crippen LogP contribution in [0.4, 0.5) is 5.69 Å². The van der Waals surface area contributed by atoms with E-state index in [0.717, 1.165) is 16.9 Å². The minimum Gasteiger partial charge on any atom is -0.489 e. The van der Waals surface area contributed by atoms with Crippen molar-refractivity contribution in [3.05, 3.63) is 59.2 Å². The summed E-state index contributed by atoms with van der Waals surface area (Å²) in [6.07, 6.45) is 0. The molecule has 0 amide bonds. The number of ether oxygens (including phenoxy) is 1. The predicted molar refractivity (Wildman–Crippen MR) is 87.2 cm³/mol. The van der Waals surface area contributed by atoms with Crippen LogP contribution in [0.1, 0.15) is 16.7 Å². The zero-order chi connectivity index (χ0) is 13.8. The number of nitrogens with one attached hydrogen (secondary N) is 1. The molecule has 0 bridgehead atoms. The number of halogens is 1. The molecule has 2 aromatic rings. The van der Waals surface area contributed by atoms with Crippen molar-refractivity contribution in [3.8, 4) is 5.75 Å². The summed E-state index contributed by atoms with van der Waals surface area (Å²) in [5.74, 6) is 0.773. The highest BCUT2D eigenvalue weighted by Crippen LogP contribution is 2.27. The second-order valence-electron chi connectivity index (χ2n) is 4.29. The van der Waals surface area contributed by atoms with E-state index in [1.807, 2.05) is 72.0 Å². The molecule has 0 heterocycles. The zero-order valence-corrected chi connectivity index (χ0v) is 12.8. The molecular weight excluding hydrogens is 351 g/mol. The quantitative estimate of drug-likeness (QED) is 0.490. The smallest absolute Gasteiger partial charge is 0.123 e. The lowest BCUT2D eigenvalue weighted by Gasteiger charge is -2.12. The Balaban J connectivity index is 2.21. The molecule has 0 saturated heterocycles. The molecule has 98 valence electrons. The predicted octanol–water partition coefficient (Wildman–Crippen LogP) is 3.92. The van der Waals surface area contributed by atoms with Gasteiger partial charge in [-0.2, -0.15) is 0 Å². The highest BCUT2D eigenvalue weighted by atomic mass is 127. The lowest BCUT2D eigenvalue weighted by molar-refractivity contribution is 0.304. The molecule has 2 aromatic carbocycles. The summed E-state index contributed by atoms with van der Waals surface area (Å²) in [5, 5.41) is 7.69. The van der Waals surface area contributed by atoms with Crippen LogP contribution in [0.5, 0.6) is 5.75 Å². The highest BCUT2D eigenvalue weighted by Gasteiger charge is 2.09. The van der Waals surface area contributed by atoms with E-state index in [0.29, 0.717) is 21.6 Å². The lowest BCUT2D eigenvalue weighted by Crippen LogP contribution is -2.02. The largest absolute Gasteiger partial charge is 0.489 e. The van der Waals surface area contributed by atoms with Crippen LogP contribution in [0.3, 0.4) is 0 Å².